The third-order valence-corrected chi connectivity index (χ3v) is 5.48. The monoisotopic (exact) mass is 484 g/mol. The maximum atomic E-state index is 12.3. The second kappa shape index (κ2) is 11.9. The number of nitrogens with one attached hydrogen (secondary N) is 1. The predicted octanol–water partition coefficient (Wildman–Crippen LogP) is 6.50. The van der Waals surface area contributed by atoms with Gasteiger partial charge < -0.3 is 9.47 Å². The molecule has 35 heavy (non-hydrogen) atoms. The van der Waals surface area contributed by atoms with E-state index < -0.39 is 6.10 Å². The predicted molar refractivity (Wildman–Crippen MR) is 140 cm³/mol. The molecule has 0 aliphatic rings. The number of rotatable bonds is 9. The summed E-state index contributed by atoms with van der Waals surface area (Å²) in [5.41, 5.74) is 6.59. The maximum absolute atomic E-state index is 12.3. The average molecular weight is 485 g/mol. The van der Waals surface area contributed by atoms with E-state index in [1.54, 1.807) is 13.1 Å². The third kappa shape index (κ3) is 7.19. The fourth-order valence-electron chi connectivity index (χ4n) is 3.27. The highest BCUT2D eigenvalue weighted by Gasteiger charge is 2.14. The van der Waals surface area contributed by atoms with Crippen molar-refractivity contribution in [2.45, 2.75) is 19.6 Å². The molecule has 0 fully saturated rings. The Labute approximate surface area is 210 Å². The summed E-state index contributed by atoms with van der Waals surface area (Å²) >= 11 is 5.90. The quantitative estimate of drug-likeness (QED) is 0.218. The normalized spacial score (nSPS) is 11.7. The largest absolute Gasteiger partial charge is 0.489 e. The van der Waals surface area contributed by atoms with Gasteiger partial charge in [-0.15, -0.1) is 0 Å². The lowest BCUT2D eigenvalue weighted by Crippen LogP contribution is -2.33. The summed E-state index contributed by atoms with van der Waals surface area (Å²) in [5.74, 6) is 1.02. The highest BCUT2D eigenvalue weighted by molar-refractivity contribution is 6.30. The van der Waals surface area contributed by atoms with Crippen LogP contribution >= 0.6 is 11.6 Å². The molecule has 1 amide bonds. The minimum Gasteiger partial charge on any atom is -0.489 e. The lowest BCUT2D eigenvalue weighted by atomic mass is 10.1. The lowest BCUT2D eigenvalue weighted by Gasteiger charge is -2.13. The number of benzene rings is 4. The van der Waals surface area contributed by atoms with Gasteiger partial charge >= 0.3 is 0 Å². The molecule has 5 nitrogen and oxygen atoms in total. The fraction of sp³-hybridized carbons (Fsp3) is 0.103. The van der Waals surface area contributed by atoms with E-state index >= 15 is 0 Å². The second-order valence-corrected chi connectivity index (χ2v) is 8.31. The summed E-state index contributed by atoms with van der Waals surface area (Å²) < 4.78 is 11.5. The first-order chi connectivity index (χ1) is 17.1. The zero-order chi connectivity index (χ0) is 24.5. The van der Waals surface area contributed by atoms with Gasteiger partial charge in [-0.1, -0.05) is 66.2 Å². The number of hydrogen-bond donors (Lipinski definition) is 1. The van der Waals surface area contributed by atoms with E-state index in [-0.39, 0.29) is 5.91 Å². The Morgan fingerprint density at radius 1 is 0.857 bits per heavy atom. The van der Waals surface area contributed by atoms with E-state index in [4.69, 9.17) is 21.1 Å². The number of hydrazone groups is 1. The summed E-state index contributed by atoms with van der Waals surface area (Å²) in [6.45, 7) is 2.14. The Bertz CT molecular complexity index is 1260. The molecule has 4 aromatic rings. The van der Waals surface area contributed by atoms with Crippen molar-refractivity contribution in [2.75, 3.05) is 0 Å². The van der Waals surface area contributed by atoms with Gasteiger partial charge in [-0.2, -0.15) is 5.10 Å². The van der Waals surface area contributed by atoms with Crippen molar-refractivity contribution < 1.29 is 14.3 Å². The highest BCUT2D eigenvalue weighted by atomic mass is 35.5. The molecule has 0 radical (unpaired) electrons. The summed E-state index contributed by atoms with van der Waals surface area (Å²) in [4.78, 5) is 12.3. The van der Waals surface area contributed by atoms with Crippen LogP contribution in [0.4, 0.5) is 0 Å². The molecule has 1 N–H and O–H groups in total. The average Bonchev–Trinajstić information content (AvgIpc) is 2.90. The van der Waals surface area contributed by atoms with Crippen molar-refractivity contribution in [3.8, 4) is 22.6 Å². The van der Waals surface area contributed by atoms with Crippen molar-refractivity contribution in [3.05, 3.63) is 119 Å². The fourth-order valence-corrected chi connectivity index (χ4v) is 3.40. The number of nitrogens with zero attached hydrogens (tertiary/aromatic N) is 1. The first-order valence-corrected chi connectivity index (χ1v) is 11.6. The van der Waals surface area contributed by atoms with Gasteiger partial charge in [-0.25, -0.2) is 5.43 Å². The number of amides is 1. The molecule has 4 rings (SSSR count). The van der Waals surface area contributed by atoms with Gasteiger partial charge in [0, 0.05) is 5.02 Å². The van der Waals surface area contributed by atoms with Crippen LogP contribution in [-0.4, -0.2) is 18.2 Å². The van der Waals surface area contributed by atoms with E-state index in [1.165, 1.54) is 0 Å². The Morgan fingerprint density at radius 2 is 1.49 bits per heavy atom. The zero-order valence-corrected chi connectivity index (χ0v) is 20.0. The first kappa shape index (κ1) is 24.0. The number of ether oxygens (including phenoxy) is 2. The lowest BCUT2D eigenvalue weighted by molar-refractivity contribution is -0.127. The molecule has 0 aliphatic carbocycles. The maximum Gasteiger partial charge on any atom is 0.280 e. The van der Waals surface area contributed by atoms with E-state index in [9.17, 15) is 4.79 Å². The van der Waals surface area contributed by atoms with Gasteiger partial charge in [-0.3, -0.25) is 4.79 Å². The van der Waals surface area contributed by atoms with Gasteiger partial charge in [0.25, 0.3) is 5.91 Å². The molecule has 0 bridgehead atoms. The van der Waals surface area contributed by atoms with Crippen molar-refractivity contribution in [3.63, 3.8) is 0 Å². The summed E-state index contributed by atoms with van der Waals surface area (Å²) in [6, 6.07) is 32.7. The van der Waals surface area contributed by atoms with Gasteiger partial charge in [-0.05, 0) is 77.7 Å². The van der Waals surface area contributed by atoms with Crippen LogP contribution in [0.2, 0.25) is 5.02 Å². The van der Waals surface area contributed by atoms with Crippen molar-refractivity contribution in [1.29, 1.82) is 0 Å². The van der Waals surface area contributed by atoms with E-state index in [2.05, 4.69) is 10.5 Å². The summed E-state index contributed by atoms with van der Waals surface area (Å²) in [5, 5.41) is 4.73. The SMILES string of the molecule is C[C@@H](Oc1ccc(-c2ccccc2)cc1)C(=O)N/N=C\c1ccc(OCc2ccc(Cl)cc2)cc1. The Morgan fingerprint density at radius 3 is 2.17 bits per heavy atom. The molecule has 6 heteroatoms. The van der Waals surface area contributed by atoms with Gasteiger partial charge in [0.1, 0.15) is 18.1 Å². The smallest absolute Gasteiger partial charge is 0.280 e. The van der Waals surface area contributed by atoms with Crippen molar-refractivity contribution >= 4 is 23.7 Å². The number of halogens is 1. The molecular weight excluding hydrogens is 460 g/mol. The molecule has 176 valence electrons. The third-order valence-electron chi connectivity index (χ3n) is 5.23. The van der Waals surface area contributed by atoms with Gasteiger partial charge in [0.2, 0.25) is 0 Å². The molecule has 0 saturated heterocycles. The zero-order valence-electron chi connectivity index (χ0n) is 19.2. The van der Waals surface area contributed by atoms with E-state index in [1.807, 2.05) is 103 Å². The minimum atomic E-state index is -0.696. The number of carbonyl (C=O) groups is 1. The van der Waals surface area contributed by atoms with E-state index in [0.29, 0.717) is 17.4 Å². The van der Waals surface area contributed by atoms with Gasteiger partial charge in [0.15, 0.2) is 6.10 Å². The Hall–Kier alpha value is -4.09. The Balaban J connectivity index is 1.23. The number of hydrogen-bond acceptors (Lipinski definition) is 4. The van der Waals surface area contributed by atoms with Crippen LogP contribution in [0, 0.1) is 0 Å². The van der Waals surface area contributed by atoms with Crippen LogP contribution in [0.5, 0.6) is 11.5 Å². The summed E-state index contributed by atoms with van der Waals surface area (Å²) in [6.07, 6.45) is 0.876. The first-order valence-electron chi connectivity index (χ1n) is 11.2. The van der Waals surface area contributed by atoms with Crippen molar-refractivity contribution in [1.82, 2.24) is 5.43 Å². The van der Waals surface area contributed by atoms with Gasteiger partial charge in [0.05, 0.1) is 6.21 Å². The van der Waals surface area contributed by atoms with Crippen molar-refractivity contribution in [2.24, 2.45) is 5.10 Å². The molecular formula is C29H25ClN2O3. The molecule has 0 saturated carbocycles. The van der Waals surface area contributed by atoms with Crippen LogP contribution < -0.4 is 14.9 Å². The summed E-state index contributed by atoms with van der Waals surface area (Å²) in [7, 11) is 0. The molecule has 0 spiro atoms. The van der Waals surface area contributed by atoms with Crippen LogP contribution in [0.15, 0.2) is 108 Å². The van der Waals surface area contributed by atoms with Crippen LogP contribution in [-0.2, 0) is 11.4 Å². The van der Waals surface area contributed by atoms with Crippen LogP contribution in [0.1, 0.15) is 18.1 Å². The van der Waals surface area contributed by atoms with E-state index in [0.717, 1.165) is 28.0 Å². The molecule has 0 aromatic heterocycles. The minimum absolute atomic E-state index is 0.337. The molecule has 1 atom stereocenters. The molecule has 0 unspecified atom stereocenters. The molecule has 0 heterocycles. The standard InChI is InChI=1S/C29H25ClN2O3/c1-21(35-28-17-11-25(12-18-28)24-5-3-2-4-6-24)29(33)32-31-19-22-9-15-27(16-10-22)34-20-23-7-13-26(30)14-8-23/h2-19,21H,20H2,1H3,(H,32,33)/b31-19-/t21-/m1/s1. The topological polar surface area (TPSA) is 59.9 Å². The number of carbonyl (C=O) groups excluding carboxylic acids is 1. The van der Waals surface area contributed by atoms with Crippen LogP contribution in [0.3, 0.4) is 0 Å². The highest BCUT2D eigenvalue weighted by Crippen LogP contribution is 2.22. The Kier molecular flexibility index (Phi) is 8.15. The molecule has 0 aliphatic heterocycles. The molecule has 4 aromatic carbocycles. The van der Waals surface area contributed by atoms with Crippen LogP contribution in [0.25, 0.3) is 11.1 Å². The second-order valence-electron chi connectivity index (χ2n) is 7.87.